The van der Waals surface area contributed by atoms with Gasteiger partial charge in [-0.2, -0.15) is 0 Å². The number of pyridine rings is 1. The Morgan fingerprint density at radius 2 is 2.30 bits per heavy atom. The molecule has 3 rings (SSSR count). The van der Waals surface area contributed by atoms with Crippen LogP contribution in [0.15, 0.2) is 24.4 Å². The van der Waals surface area contributed by atoms with Gasteiger partial charge in [0.1, 0.15) is 5.01 Å². The molecule has 0 aliphatic carbocycles. The number of hydrogen-bond donors (Lipinski definition) is 1. The summed E-state index contributed by atoms with van der Waals surface area (Å²) in [5.41, 5.74) is 1.08. The van der Waals surface area contributed by atoms with Gasteiger partial charge in [-0.3, -0.25) is 10.3 Å². The molecule has 1 fully saturated rings. The minimum absolute atomic E-state index is 0.0631. The predicted molar refractivity (Wildman–Crippen MR) is 90.6 cm³/mol. The Morgan fingerprint density at radius 3 is 3.04 bits per heavy atom. The van der Waals surface area contributed by atoms with Gasteiger partial charge in [0.2, 0.25) is 5.13 Å². The highest BCUT2D eigenvalue weighted by atomic mass is 32.1. The SMILES string of the molecule is Cc1nnc(NC(=O)N2CCCC[C@H]2CCc2ccccn2)s1. The molecule has 0 unspecified atom stereocenters. The maximum absolute atomic E-state index is 12.5. The van der Waals surface area contributed by atoms with Crippen LogP contribution < -0.4 is 5.32 Å². The quantitative estimate of drug-likeness (QED) is 0.933. The zero-order chi connectivity index (χ0) is 16.1. The molecule has 0 spiro atoms. The molecule has 1 aliphatic rings. The summed E-state index contributed by atoms with van der Waals surface area (Å²) in [5.74, 6) is 0. The summed E-state index contributed by atoms with van der Waals surface area (Å²) < 4.78 is 0. The van der Waals surface area contributed by atoms with E-state index in [0.717, 1.165) is 42.9 Å². The second-order valence-corrected chi connectivity index (χ2v) is 6.94. The molecule has 2 aromatic heterocycles. The molecule has 2 amide bonds. The minimum atomic E-state index is -0.0631. The Labute approximate surface area is 140 Å². The van der Waals surface area contributed by atoms with Crippen molar-refractivity contribution in [2.45, 2.75) is 45.1 Å². The van der Waals surface area contributed by atoms with Gasteiger partial charge >= 0.3 is 6.03 Å². The van der Waals surface area contributed by atoms with E-state index in [1.165, 1.54) is 17.8 Å². The summed E-state index contributed by atoms with van der Waals surface area (Å²) in [6.45, 7) is 2.68. The average Bonchev–Trinajstić information content (AvgIpc) is 2.99. The van der Waals surface area contributed by atoms with E-state index in [-0.39, 0.29) is 12.1 Å². The lowest BCUT2D eigenvalue weighted by Crippen LogP contribution is -2.46. The Balaban J connectivity index is 1.60. The summed E-state index contributed by atoms with van der Waals surface area (Å²) in [7, 11) is 0. The van der Waals surface area contributed by atoms with Crippen molar-refractivity contribution in [3.05, 3.63) is 35.1 Å². The van der Waals surface area contributed by atoms with Crippen LogP contribution in [-0.4, -0.2) is 38.7 Å². The lowest BCUT2D eigenvalue weighted by molar-refractivity contribution is 0.158. The van der Waals surface area contributed by atoms with Crippen molar-refractivity contribution in [3.8, 4) is 0 Å². The van der Waals surface area contributed by atoms with Crippen molar-refractivity contribution >= 4 is 22.5 Å². The molecular weight excluding hydrogens is 310 g/mol. The van der Waals surface area contributed by atoms with E-state index < -0.39 is 0 Å². The summed E-state index contributed by atoms with van der Waals surface area (Å²) in [4.78, 5) is 18.9. The first-order chi connectivity index (χ1) is 11.2. The number of aryl methyl sites for hydroxylation is 2. The topological polar surface area (TPSA) is 71.0 Å². The molecule has 2 aromatic rings. The highest BCUT2D eigenvalue weighted by Gasteiger charge is 2.27. The lowest BCUT2D eigenvalue weighted by atomic mass is 9.97. The van der Waals surface area contributed by atoms with Gasteiger partial charge in [-0.05, 0) is 51.2 Å². The molecule has 3 heterocycles. The second kappa shape index (κ2) is 7.50. The average molecular weight is 331 g/mol. The Kier molecular flexibility index (Phi) is 5.17. The lowest BCUT2D eigenvalue weighted by Gasteiger charge is -2.35. The Morgan fingerprint density at radius 1 is 1.39 bits per heavy atom. The van der Waals surface area contributed by atoms with Crippen molar-refractivity contribution in [1.29, 1.82) is 0 Å². The number of aromatic nitrogens is 3. The molecule has 0 bridgehead atoms. The third-order valence-electron chi connectivity index (χ3n) is 4.09. The second-order valence-electron chi connectivity index (χ2n) is 5.76. The van der Waals surface area contributed by atoms with Gasteiger partial charge in [0.25, 0.3) is 0 Å². The highest BCUT2D eigenvalue weighted by Crippen LogP contribution is 2.23. The number of rotatable bonds is 4. The molecular formula is C16H21N5OS. The van der Waals surface area contributed by atoms with Crippen LogP contribution in [0.4, 0.5) is 9.93 Å². The third kappa shape index (κ3) is 4.25. The predicted octanol–water partition coefficient (Wildman–Crippen LogP) is 3.26. The molecule has 23 heavy (non-hydrogen) atoms. The standard InChI is InChI=1S/C16H21N5OS/c1-12-19-20-15(23-12)18-16(22)21-11-5-3-7-14(21)9-8-13-6-2-4-10-17-13/h2,4,6,10,14H,3,5,7-9,11H2,1H3,(H,18,20,22)/t14-/m0/s1. The van der Waals surface area contributed by atoms with E-state index in [9.17, 15) is 4.79 Å². The fourth-order valence-corrected chi connectivity index (χ4v) is 3.52. The van der Waals surface area contributed by atoms with Gasteiger partial charge in [-0.15, -0.1) is 10.2 Å². The van der Waals surface area contributed by atoms with Gasteiger partial charge in [0.15, 0.2) is 0 Å². The number of carbonyl (C=O) groups is 1. The van der Waals surface area contributed by atoms with Crippen LogP contribution in [0, 0.1) is 6.92 Å². The summed E-state index contributed by atoms with van der Waals surface area (Å²) in [5, 5.41) is 12.2. The fourth-order valence-electron chi connectivity index (χ4n) is 2.94. The molecule has 0 saturated carbocycles. The number of anilines is 1. The minimum Gasteiger partial charge on any atom is -0.321 e. The number of urea groups is 1. The van der Waals surface area contributed by atoms with Crippen LogP contribution in [0.5, 0.6) is 0 Å². The number of piperidine rings is 1. The Hall–Kier alpha value is -2.02. The van der Waals surface area contributed by atoms with Crippen LogP contribution in [0.1, 0.15) is 36.4 Å². The normalized spacial score (nSPS) is 18.0. The highest BCUT2D eigenvalue weighted by molar-refractivity contribution is 7.15. The monoisotopic (exact) mass is 331 g/mol. The molecule has 7 heteroatoms. The summed E-state index contributed by atoms with van der Waals surface area (Å²) >= 11 is 1.40. The van der Waals surface area contributed by atoms with Crippen LogP contribution in [-0.2, 0) is 6.42 Å². The van der Waals surface area contributed by atoms with Crippen LogP contribution in [0.25, 0.3) is 0 Å². The summed E-state index contributed by atoms with van der Waals surface area (Å²) in [6.07, 6.45) is 6.94. The maximum atomic E-state index is 12.5. The summed E-state index contributed by atoms with van der Waals surface area (Å²) in [6, 6.07) is 6.17. The van der Waals surface area contributed by atoms with E-state index >= 15 is 0 Å². The molecule has 6 nitrogen and oxygen atoms in total. The van der Waals surface area contributed by atoms with Crippen molar-refractivity contribution < 1.29 is 4.79 Å². The number of nitrogens with one attached hydrogen (secondary N) is 1. The van der Waals surface area contributed by atoms with Crippen LogP contribution in [0.3, 0.4) is 0 Å². The van der Waals surface area contributed by atoms with Crippen molar-refractivity contribution in [2.24, 2.45) is 0 Å². The molecule has 1 aliphatic heterocycles. The first-order valence-electron chi connectivity index (χ1n) is 8.00. The molecule has 1 saturated heterocycles. The molecule has 1 atom stereocenters. The maximum Gasteiger partial charge on any atom is 0.323 e. The number of carbonyl (C=O) groups excluding carboxylic acids is 1. The van der Waals surface area contributed by atoms with Crippen LogP contribution >= 0.6 is 11.3 Å². The molecule has 0 aromatic carbocycles. The van der Waals surface area contributed by atoms with Gasteiger partial charge in [0, 0.05) is 24.5 Å². The molecule has 0 radical (unpaired) electrons. The van der Waals surface area contributed by atoms with Gasteiger partial charge in [-0.1, -0.05) is 17.4 Å². The molecule has 1 N–H and O–H groups in total. The first-order valence-corrected chi connectivity index (χ1v) is 8.81. The largest absolute Gasteiger partial charge is 0.323 e. The number of hydrogen-bond acceptors (Lipinski definition) is 5. The van der Waals surface area contributed by atoms with E-state index in [1.807, 2.05) is 36.2 Å². The van der Waals surface area contributed by atoms with E-state index in [2.05, 4.69) is 20.5 Å². The Bertz CT molecular complexity index is 645. The van der Waals surface area contributed by atoms with Gasteiger partial charge in [-0.25, -0.2) is 4.79 Å². The van der Waals surface area contributed by atoms with Crippen molar-refractivity contribution in [2.75, 3.05) is 11.9 Å². The fraction of sp³-hybridized carbons (Fsp3) is 0.500. The van der Waals surface area contributed by atoms with E-state index in [1.54, 1.807) is 0 Å². The van der Waals surface area contributed by atoms with Crippen molar-refractivity contribution in [1.82, 2.24) is 20.1 Å². The van der Waals surface area contributed by atoms with Crippen molar-refractivity contribution in [3.63, 3.8) is 0 Å². The van der Waals surface area contributed by atoms with E-state index in [0.29, 0.717) is 5.13 Å². The van der Waals surface area contributed by atoms with Gasteiger partial charge < -0.3 is 4.90 Å². The zero-order valence-electron chi connectivity index (χ0n) is 13.2. The first kappa shape index (κ1) is 15.9. The number of likely N-dealkylation sites (tertiary alicyclic amines) is 1. The third-order valence-corrected chi connectivity index (χ3v) is 4.84. The zero-order valence-corrected chi connectivity index (χ0v) is 14.1. The number of amides is 2. The molecule has 122 valence electrons. The van der Waals surface area contributed by atoms with E-state index in [4.69, 9.17) is 0 Å². The smallest absolute Gasteiger partial charge is 0.321 e. The van der Waals surface area contributed by atoms with Crippen LogP contribution in [0.2, 0.25) is 0 Å². The number of nitrogens with zero attached hydrogens (tertiary/aromatic N) is 4. The van der Waals surface area contributed by atoms with Gasteiger partial charge in [0.05, 0.1) is 0 Å².